The summed E-state index contributed by atoms with van der Waals surface area (Å²) in [6.45, 7) is 6.18. The van der Waals surface area contributed by atoms with E-state index >= 15 is 0 Å². The summed E-state index contributed by atoms with van der Waals surface area (Å²) in [5.74, 6) is 0.779. The van der Waals surface area contributed by atoms with Crippen molar-refractivity contribution in [1.82, 2.24) is 25.0 Å². The Balaban J connectivity index is 1.93. The number of hydrogen-bond donors (Lipinski definition) is 1. The van der Waals surface area contributed by atoms with Crippen LogP contribution in [0.5, 0.6) is 0 Å². The van der Waals surface area contributed by atoms with Gasteiger partial charge >= 0.3 is 6.03 Å². The fourth-order valence-corrected chi connectivity index (χ4v) is 2.43. The predicted octanol–water partition coefficient (Wildman–Crippen LogP) is 1.18. The third kappa shape index (κ3) is 3.27. The van der Waals surface area contributed by atoms with Gasteiger partial charge in [0.25, 0.3) is 0 Å². The molecule has 2 heterocycles. The molecule has 1 fully saturated rings. The maximum Gasteiger partial charge on any atom is 0.317 e. The molecule has 2 rings (SSSR count). The Morgan fingerprint density at radius 1 is 1.60 bits per heavy atom. The van der Waals surface area contributed by atoms with Gasteiger partial charge in [-0.3, -0.25) is 0 Å². The molecule has 7 heteroatoms. The SMILES string of the molecule is CCn1cnnc1C(C)NC(=O)N(C)C1CCOCC1. The van der Waals surface area contributed by atoms with Crippen LogP contribution in [-0.2, 0) is 11.3 Å². The predicted molar refractivity (Wildman–Crippen MR) is 74.2 cm³/mol. The van der Waals surface area contributed by atoms with Crippen LogP contribution in [0.15, 0.2) is 6.33 Å². The minimum Gasteiger partial charge on any atom is -0.381 e. The Labute approximate surface area is 119 Å². The van der Waals surface area contributed by atoms with Crippen LogP contribution < -0.4 is 5.32 Å². The Bertz CT molecular complexity index is 442. The lowest BCUT2D eigenvalue weighted by molar-refractivity contribution is 0.0522. The highest BCUT2D eigenvalue weighted by molar-refractivity contribution is 5.74. The van der Waals surface area contributed by atoms with Gasteiger partial charge in [0.15, 0.2) is 5.82 Å². The second-order valence-electron chi connectivity index (χ2n) is 5.10. The summed E-state index contributed by atoms with van der Waals surface area (Å²) in [4.78, 5) is 14.0. The van der Waals surface area contributed by atoms with Crippen LogP contribution in [0.2, 0.25) is 0 Å². The van der Waals surface area contributed by atoms with Gasteiger partial charge in [0.2, 0.25) is 0 Å². The second-order valence-corrected chi connectivity index (χ2v) is 5.10. The van der Waals surface area contributed by atoms with Crippen LogP contribution in [-0.4, -0.2) is 52.0 Å². The molecule has 1 atom stereocenters. The molecule has 2 amide bonds. The van der Waals surface area contributed by atoms with Gasteiger partial charge < -0.3 is 19.5 Å². The van der Waals surface area contributed by atoms with Crippen molar-refractivity contribution in [3.05, 3.63) is 12.2 Å². The maximum atomic E-state index is 12.3. The molecule has 1 aromatic rings. The summed E-state index contributed by atoms with van der Waals surface area (Å²) in [5, 5.41) is 10.9. The van der Waals surface area contributed by atoms with Gasteiger partial charge in [0.05, 0.1) is 6.04 Å². The minimum absolute atomic E-state index is 0.0740. The maximum absolute atomic E-state index is 12.3. The zero-order valence-corrected chi connectivity index (χ0v) is 12.4. The van der Waals surface area contributed by atoms with Gasteiger partial charge in [-0.25, -0.2) is 4.79 Å². The third-order valence-electron chi connectivity index (χ3n) is 3.77. The van der Waals surface area contributed by atoms with E-state index in [2.05, 4.69) is 15.5 Å². The van der Waals surface area contributed by atoms with Gasteiger partial charge in [-0.15, -0.1) is 10.2 Å². The summed E-state index contributed by atoms with van der Waals surface area (Å²) >= 11 is 0. The Kier molecular flexibility index (Phi) is 4.94. The van der Waals surface area contributed by atoms with E-state index in [1.807, 2.05) is 25.5 Å². The van der Waals surface area contributed by atoms with E-state index in [0.29, 0.717) is 0 Å². The quantitative estimate of drug-likeness (QED) is 0.899. The Morgan fingerprint density at radius 2 is 2.30 bits per heavy atom. The van der Waals surface area contributed by atoms with Gasteiger partial charge in [-0.05, 0) is 26.7 Å². The molecule has 1 N–H and O–H groups in total. The molecular formula is C13H23N5O2. The lowest BCUT2D eigenvalue weighted by Gasteiger charge is -2.32. The standard InChI is InChI=1S/C13H23N5O2/c1-4-18-9-14-16-12(18)10(2)15-13(19)17(3)11-5-7-20-8-6-11/h9-11H,4-8H2,1-3H3,(H,15,19). The van der Waals surface area contributed by atoms with Crippen molar-refractivity contribution in [3.63, 3.8) is 0 Å². The number of carbonyl (C=O) groups excluding carboxylic acids is 1. The average molecular weight is 281 g/mol. The monoisotopic (exact) mass is 281 g/mol. The summed E-state index contributed by atoms with van der Waals surface area (Å²) in [6.07, 6.45) is 3.47. The molecule has 1 saturated heterocycles. The molecule has 0 aromatic carbocycles. The fraction of sp³-hybridized carbons (Fsp3) is 0.769. The molecule has 112 valence electrons. The molecule has 0 saturated carbocycles. The van der Waals surface area contributed by atoms with Crippen molar-refractivity contribution in [3.8, 4) is 0 Å². The van der Waals surface area contributed by atoms with E-state index in [9.17, 15) is 4.79 Å². The first kappa shape index (κ1) is 14.8. The van der Waals surface area contributed by atoms with Crippen molar-refractivity contribution >= 4 is 6.03 Å². The summed E-state index contributed by atoms with van der Waals surface area (Å²) < 4.78 is 7.25. The molecule has 7 nitrogen and oxygen atoms in total. The number of amides is 2. The van der Waals surface area contributed by atoms with Crippen molar-refractivity contribution < 1.29 is 9.53 Å². The van der Waals surface area contributed by atoms with E-state index < -0.39 is 0 Å². The molecule has 0 aliphatic carbocycles. The number of urea groups is 1. The normalized spacial score (nSPS) is 17.8. The molecule has 1 unspecified atom stereocenters. The Hall–Kier alpha value is -1.63. The number of aromatic nitrogens is 3. The van der Waals surface area contributed by atoms with E-state index in [-0.39, 0.29) is 18.1 Å². The number of nitrogens with zero attached hydrogens (tertiary/aromatic N) is 4. The first-order chi connectivity index (χ1) is 9.63. The van der Waals surface area contributed by atoms with Gasteiger partial charge in [0.1, 0.15) is 6.33 Å². The van der Waals surface area contributed by atoms with E-state index in [0.717, 1.165) is 38.4 Å². The first-order valence-corrected chi connectivity index (χ1v) is 7.12. The Morgan fingerprint density at radius 3 is 2.95 bits per heavy atom. The lowest BCUT2D eigenvalue weighted by Crippen LogP contribution is -2.46. The van der Waals surface area contributed by atoms with Crippen molar-refractivity contribution in [2.75, 3.05) is 20.3 Å². The van der Waals surface area contributed by atoms with Crippen LogP contribution in [0.1, 0.15) is 38.6 Å². The van der Waals surface area contributed by atoms with Crippen molar-refractivity contribution in [1.29, 1.82) is 0 Å². The molecule has 0 spiro atoms. The highest BCUT2D eigenvalue weighted by Gasteiger charge is 2.24. The van der Waals surface area contributed by atoms with E-state index in [1.54, 1.807) is 11.2 Å². The fourth-order valence-electron chi connectivity index (χ4n) is 2.43. The molecule has 1 aliphatic heterocycles. The summed E-state index contributed by atoms with van der Waals surface area (Å²) in [7, 11) is 1.84. The molecule has 0 bridgehead atoms. The van der Waals surface area contributed by atoms with Crippen LogP contribution in [0, 0.1) is 0 Å². The lowest BCUT2D eigenvalue weighted by atomic mass is 10.1. The zero-order valence-electron chi connectivity index (χ0n) is 12.4. The van der Waals surface area contributed by atoms with Gasteiger partial charge in [0, 0.05) is 32.8 Å². The second kappa shape index (κ2) is 6.69. The average Bonchev–Trinajstić information content (AvgIpc) is 2.95. The zero-order chi connectivity index (χ0) is 14.5. The number of carbonyl (C=O) groups is 1. The van der Waals surface area contributed by atoms with Crippen LogP contribution in [0.25, 0.3) is 0 Å². The number of hydrogen-bond acceptors (Lipinski definition) is 4. The summed E-state index contributed by atoms with van der Waals surface area (Å²) in [6, 6.07) is 0.0160. The first-order valence-electron chi connectivity index (χ1n) is 7.12. The summed E-state index contributed by atoms with van der Waals surface area (Å²) in [5.41, 5.74) is 0. The van der Waals surface area contributed by atoms with Gasteiger partial charge in [-0.2, -0.15) is 0 Å². The van der Waals surface area contributed by atoms with E-state index in [1.165, 1.54) is 0 Å². The van der Waals surface area contributed by atoms with Crippen molar-refractivity contribution in [2.24, 2.45) is 0 Å². The molecule has 20 heavy (non-hydrogen) atoms. The topological polar surface area (TPSA) is 72.3 Å². The molecule has 1 aromatic heterocycles. The minimum atomic E-state index is -0.160. The van der Waals surface area contributed by atoms with Gasteiger partial charge in [-0.1, -0.05) is 0 Å². The highest BCUT2D eigenvalue weighted by Crippen LogP contribution is 2.14. The smallest absolute Gasteiger partial charge is 0.317 e. The highest BCUT2D eigenvalue weighted by atomic mass is 16.5. The number of ether oxygens (including phenoxy) is 1. The number of aryl methyl sites for hydroxylation is 1. The molecule has 1 aliphatic rings. The van der Waals surface area contributed by atoms with E-state index in [4.69, 9.17) is 4.74 Å². The number of nitrogens with one attached hydrogen (secondary N) is 1. The molecule has 0 radical (unpaired) electrons. The number of rotatable bonds is 4. The largest absolute Gasteiger partial charge is 0.381 e. The third-order valence-corrected chi connectivity index (χ3v) is 3.77. The van der Waals surface area contributed by atoms with Crippen LogP contribution in [0.3, 0.4) is 0 Å². The van der Waals surface area contributed by atoms with Crippen LogP contribution in [0.4, 0.5) is 4.79 Å². The van der Waals surface area contributed by atoms with Crippen molar-refractivity contribution in [2.45, 2.75) is 45.3 Å². The van der Waals surface area contributed by atoms with Crippen LogP contribution >= 0.6 is 0 Å². The molecular weight excluding hydrogens is 258 g/mol.